The smallest absolute Gasteiger partial charge is 0.333 e. The van der Waals surface area contributed by atoms with Crippen LogP contribution in [0.2, 0.25) is 0 Å². The number of aryl methyl sites for hydroxylation is 3. The summed E-state index contributed by atoms with van der Waals surface area (Å²) in [5.41, 5.74) is 2.57. The molecule has 8 nitrogen and oxygen atoms in total. The lowest BCUT2D eigenvalue weighted by Gasteiger charge is -2.05. The van der Waals surface area contributed by atoms with Crippen molar-refractivity contribution in [3.8, 4) is 0 Å². The van der Waals surface area contributed by atoms with Crippen LogP contribution >= 0.6 is 0 Å². The molecule has 108 valence electrons. The van der Waals surface area contributed by atoms with E-state index in [-0.39, 0.29) is 10.6 Å². The quantitative estimate of drug-likeness (QED) is 0.661. The van der Waals surface area contributed by atoms with Crippen molar-refractivity contribution in [1.29, 1.82) is 0 Å². The predicted octanol–water partition coefficient (Wildman–Crippen LogP) is 1.54. The van der Waals surface area contributed by atoms with Crippen LogP contribution < -0.4 is 5.32 Å². The molecular formula is C12H18N6O2. The Bertz CT molecular complexity index is 643. The summed E-state index contributed by atoms with van der Waals surface area (Å²) >= 11 is 0. The summed E-state index contributed by atoms with van der Waals surface area (Å²) in [6.45, 7) is 4.28. The number of hydrogen-bond acceptors (Lipinski definition) is 5. The fraction of sp³-hybridized carbons (Fsp3) is 0.500. The van der Waals surface area contributed by atoms with Gasteiger partial charge in [0.25, 0.3) is 0 Å². The maximum absolute atomic E-state index is 11.2. The van der Waals surface area contributed by atoms with Crippen molar-refractivity contribution < 1.29 is 4.92 Å². The molecule has 2 rings (SSSR count). The molecule has 8 heteroatoms. The second kappa shape index (κ2) is 5.32. The first-order chi connectivity index (χ1) is 9.45. The number of aromatic nitrogens is 4. The normalized spacial score (nSPS) is 10.8. The summed E-state index contributed by atoms with van der Waals surface area (Å²) in [4.78, 5) is 10.8. The van der Waals surface area contributed by atoms with Crippen LogP contribution in [0.4, 0.5) is 11.5 Å². The van der Waals surface area contributed by atoms with Gasteiger partial charge in [0.2, 0.25) is 5.82 Å². The first-order valence-corrected chi connectivity index (χ1v) is 6.37. The number of nitro groups is 1. The highest BCUT2D eigenvalue weighted by atomic mass is 16.6. The van der Waals surface area contributed by atoms with E-state index in [9.17, 15) is 10.1 Å². The maximum Gasteiger partial charge on any atom is 0.333 e. The Hall–Kier alpha value is -2.38. The van der Waals surface area contributed by atoms with E-state index in [0.717, 1.165) is 11.3 Å². The lowest BCUT2D eigenvalue weighted by Crippen LogP contribution is -2.07. The van der Waals surface area contributed by atoms with Gasteiger partial charge in [-0.2, -0.15) is 10.2 Å². The van der Waals surface area contributed by atoms with Gasteiger partial charge >= 0.3 is 5.69 Å². The zero-order valence-electron chi connectivity index (χ0n) is 12.0. The minimum Gasteiger partial charge on any atom is -0.360 e. The van der Waals surface area contributed by atoms with E-state index in [1.165, 1.54) is 4.68 Å². The molecule has 0 unspecified atom stereocenters. The van der Waals surface area contributed by atoms with Crippen LogP contribution in [0.3, 0.4) is 0 Å². The average molecular weight is 278 g/mol. The fourth-order valence-corrected chi connectivity index (χ4v) is 2.09. The third kappa shape index (κ3) is 2.36. The standard InChI is InChI=1S/C12H18N6O2/c1-5-10-11(18(19)20)12(17(4)15-10)13-6-9-7-14-16(3)8(9)2/h7,13H,5-6H2,1-4H3. The molecule has 20 heavy (non-hydrogen) atoms. The molecule has 2 aromatic rings. The second-order valence-electron chi connectivity index (χ2n) is 4.61. The van der Waals surface area contributed by atoms with E-state index >= 15 is 0 Å². The van der Waals surface area contributed by atoms with Gasteiger partial charge in [0.15, 0.2) is 0 Å². The molecule has 0 radical (unpaired) electrons. The van der Waals surface area contributed by atoms with E-state index in [1.54, 1.807) is 17.9 Å². The first kappa shape index (κ1) is 14.0. The Morgan fingerprint density at radius 2 is 2.10 bits per heavy atom. The average Bonchev–Trinajstić information content (AvgIpc) is 2.89. The van der Waals surface area contributed by atoms with Gasteiger partial charge in [0, 0.05) is 31.9 Å². The summed E-state index contributed by atoms with van der Waals surface area (Å²) in [5.74, 6) is 0.426. The van der Waals surface area contributed by atoms with Crippen LogP contribution in [0.25, 0.3) is 0 Å². The van der Waals surface area contributed by atoms with Gasteiger partial charge in [0.05, 0.1) is 11.1 Å². The summed E-state index contributed by atoms with van der Waals surface area (Å²) in [6.07, 6.45) is 2.28. The van der Waals surface area contributed by atoms with E-state index < -0.39 is 0 Å². The maximum atomic E-state index is 11.2. The molecular weight excluding hydrogens is 260 g/mol. The fourth-order valence-electron chi connectivity index (χ4n) is 2.09. The highest BCUT2D eigenvalue weighted by molar-refractivity contribution is 5.60. The van der Waals surface area contributed by atoms with Crippen LogP contribution in [0.1, 0.15) is 23.9 Å². The molecule has 0 spiro atoms. The molecule has 0 amide bonds. The summed E-state index contributed by atoms with van der Waals surface area (Å²) in [6, 6.07) is 0. The number of rotatable bonds is 5. The minimum atomic E-state index is -0.385. The van der Waals surface area contributed by atoms with E-state index in [0.29, 0.717) is 24.5 Å². The van der Waals surface area contributed by atoms with Crippen molar-refractivity contribution in [2.45, 2.75) is 26.8 Å². The zero-order valence-corrected chi connectivity index (χ0v) is 12.0. The molecule has 0 aliphatic carbocycles. The molecule has 1 N–H and O–H groups in total. The van der Waals surface area contributed by atoms with Crippen molar-refractivity contribution in [1.82, 2.24) is 19.6 Å². The van der Waals surface area contributed by atoms with Gasteiger partial charge in [-0.1, -0.05) is 6.92 Å². The van der Waals surface area contributed by atoms with Crippen LogP contribution in [0.15, 0.2) is 6.20 Å². The van der Waals surface area contributed by atoms with Crippen molar-refractivity contribution in [2.75, 3.05) is 5.32 Å². The monoisotopic (exact) mass is 278 g/mol. The van der Waals surface area contributed by atoms with Gasteiger partial charge in [-0.25, -0.2) is 4.68 Å². The molecule has 2 aromatic heterocycles. The lowest BCUT2D eigenvalue weighted by atomic mass is 10.2. The first-order valence-electron chi connectivity index (χ1n) is 6.37. The molecule has 0 saturated heterocycles. The Kier molecular flexibility index (Phi) is 3.73. The van der Waals surface area contributed by atoms with Crippen LogP contribution in [-0.2, 0) is 27.1 Å². The minimum absolute atomic E-state index is 0.0524. The van der Waals surface area contributed by atoms with E-state index in [2.05, 4.69) is 15.5 Å². The predicted molar refractivity (Wildman–Crippen MR) is 74.5 cm³/mol. The Morgan fingerprint density at radius 3 is 2.60 bits per heavy atom. The Morgan fingerprint density at radius 1 is 1.40 bits per heavy atom. The highest BCUT2D eigenvalue weighted by Gasteiger charge is 2.25. The van der Waals surface area contributed by atoms with Gasteiger partial charge in [-0.3, -0.25) is 14.8 Å². The number of nitrogens with one attached hydrogen (secondary N) is 1. The second-order valence-corrected chi connectivity index (χ2v) is 4.61. The Labute approximate surface area is 116 Å². The van der Waals surface area contributed by atoms with E-state index in [4.69, 9.17) is 0 Å². The van der Waals surface area contributed by atoms with Crippen molar-refractivity contribution >= 4 is 11.5 Å². The largest absolute Gasteiger partial charge is 0.360 e. The van der Waals surface area contributed by atoms with E-state index in [1.807, 2.05) is 20.9 Å². The molecule has 0 aliphatic heterocycles. The molecule has 0 atom stereocenters. The van der Waals surface area contributed by atoms with Gasteiger partial charge in [-0.15, -0.1) is 0 Å². The number of nitrogens with zero attached hydrogens (tertiary/aromatic N) is 5. The lowest BCUT2D eigenvalue weighted by molar-refractivity contribution is -0.384. The zero-order chi connectivity index (χ0) is 14.9. The molecule has 0 bridgehead atoms. The van der Waals surface area contributed by atoms with Crippen LogP contribution in [0.5, 0.6) is 0 Å². The SMILES string of the molecule is CCc1nn(C)c(NCc2cnn(C)c2C)c1[N+](=O)[O-]. The molecule has 0 aliphatic rings. The van der Waals surface area contributed by atoms with Crippen molar-refractivity contribution in [2.24, 2.45) is 14.1 Å². The Balaban J connectivity index is 2.27. The molecule has 0 fully saturated rings. The topological polar surface area (TPSA) is 90.8 Å². The highest BCUT2D eigenvalue weighted by Crippen LogP contribution is 2.28. The van der Waals surface area contributed by atoms with Gasteiger partial charge in [0.1, 0.15) is 5.69 Å². The molecule has 2 heterocycles. The third-order valence-corrected chi connectivity index (χ3v) is 3.39. The number of anilines is 1. The molecule has 0 saturated carbocycles. The third-order valence-electron chi connectivity index (χ3n) is 3.39. The molecule has 0 aromatic carbocycles. The van der Waals surface area contributed by atoms with Crippen LogP contribution in [-0.4, -0.2) is 24.5 Å². The summed E-state index contributed by atoms with van der Waals surface area (Å²) in [5, 5.41) is 22.6. The van der Waals surface area contributed by atoms with Crippen molar-refractivity contribution in [3.63, 3.8) is 0 Å². The summed E-state index contributed by atoms with van der Waals surface area (Å²) in [7, 11) is 3.56. The van der Waals surface area contributed by atoms with Gasteiger partial charge < -0.3 is 5.32 Å². The summed E-state index contributed by atoms with van der Waals surface area (Å²) < 4.78 is 3.29. The van der Waals surface area contributed by atoms with Crippen molar-refractivity contribution in [3.05, 3.63) is 33.3 Å². The van der Waals surface area contributed by atoms with Gasteiger partial charge in [-0.05, 0) is 13.3 Å². The van der Waals surface area contributed by atoms with Crippen LogP contribution in [0, 0.1) is 17.0 Å². The number of hydrogen-bond donors (Lipinski definition) is 1.